The van der Waals surface area contributed by atoms with E-state index >= 15 is 0 Å². The fraction of sp³-hybridized carbons (Fsp3) is 0.292. The number of carbonyl (C=O) groups is 1. The van der Waals surface area contributed by atoms with Crippen molar-refractivity contribution in [3.05, 3.63) is 75.7 Å². The largest absolute Gasteiger partial charge is 0.493 e. The number of aromatic nitrogens is 1. The number of likely N-dealkylation sites (N-methyl/N-ethyl adjacent to an activating group) is 1. The number of rotatable bonds is 10. The molecule has 0 aliphatic rings. The molecule has 7 nitrogen and oxygen atoms in total. The molecular formula is C24H26N4O3S. The van der Waals surface area contributed by atoms with Gasteiger partial charge < -0.3 is 19.3 Å². The van der Waals surface area contributed by atoms with Crippen LogP contribution in [0.3, 0.4) is 0 Å². The van der Waals surface area contributed by atoms with Gasteiger partial charge in [0.2, 0.25) is 0 Å². The minimum absolute atomic E-state index is 0.0967. The van der Waals surface area contributed by atoms with Crippen LogP contribution in [0, 0.1) is 11.3 Å². The highest BCUT2D eigenvalue weighted by molar-refractivity contribution is 7.07. The van der Waals surface area contributed by atoms with E-state index in [0.29, 0.717) is 42.3 Å². The minimum Gasteiger partial charge on any atom is -0.493 e. The molecule has 32 heavy (non-hydrogen) atoms. The Bertz CT molecular complexity index is 1060. The number of ether oxygens (including phenoxy) is 2. The Hall–Kier alpha value is -3.41. The van der Waals surface area contributed by atoms with E-state index in [-0.39, 0.29) is 5.91 Å². The summed E-state index contributed by atoms with van der Waals surface area (Å²) >= 11 is 1.51. The first-order chi connectivity index (χ1) is 15.5. The van der Waals surface area contributed by atoms with Crippen LogP contribution in [0.1, 0.15) is 27.2 Å². The number of carbonyl (C=O) groups excluding carboxylic acids is 1. The lowest BCUT2D eigenvalue weighted by atomic mass is 10.1. The Balaban J connectivity index is 1.77. The number of hydrogen-bond donors (Lipinski definition) is 0. The van der Waals surface area contributed by atoms with Gasteiger partial charge in [-0.05, 0) is 50.0 Å². The van der Waals surface area contributed by atoms with Gasteiger partial charge in [-0.1, -0.05) is 12.1 Å². The summed E-state index contributed by atoms with van der Waals surface area (Å²) in [7, 11) is 5.50. The van der Waals surface area contributed by atoms with Crippen LogP contribution in [0.15, 0.2) is 53.4 Å². The summed E-state index contributed by atoms with van der Waals surface area (Å²) in [6, 6.07) is 14.6. The van der Waals surface area contributed by atoms with Gasteiger partial charge in [-0.3, -0.25) is 4.79 Å². The molecule has 0 bridgehead atoms. The van der Waals surface area contributed by atoms with Crippen LogP contribution < -0.4 is 9.47 Å². The lowest BCUT2D eigenvalue weighted by Gasteiger charge is -2.25. The summed E-state index contributed by atoms with van der Waals surface area (Å²) in [6.45, 7) is 2.08. The fourth-order valence-electron chi connectivity index (χ4n) is 3.04. The molecule has 0 fully saturated rings. The summed E-state index contributed by atoms with van der Waals surface area (Å²) in [4.78, 5) is 21.4. The topological polar surface area (TPSA) is 78.7 Å². The van der Waals surface area contributed by atoms with Gasteiger partial charge in [-0.15, -0.1) is 11.3 Å². The van der Waals surface area contributed by atoms with E-state index in [1.807, 2.05) is 36.5 Å². The van der Waals surface area contributed by atoms with Gasteiger partial charge in [-0.25, -0.2) is 4.98 Å². The SMILES string of the molecule is COc1cc(C(=O)N(CCN(C)C)Cc2ccc(C#N)cc2)ccc1OCc1cscn1. The second-order valence-corrected chi connectivity index (χ2v) is 8.19. The lowest BCUT2D eigenvalue weighted by molar-refractivity contribution is 0.0731. The number of hydrogen-bond acceptors (Lipinski definition) is 7. The molecule has 1 amide bonds. The maximum Gasteiger partial charge on any atom is 0.254 e. The van der Waals surface area contributed by atoms with Crippen LogP contribution in [0.4, 0.5) is 0 Å². The molecular weight excluding hydrogens is 424 g/mol. The van der Waals surface area contributed by atoms with Crippen molar-refractivity contribution in [2.75, 3.05) is 34.3 Å². The third kappa shape index (κ3) is 6.30. The molecule has 3 rings (SSSR count). The summed E-state index contributed by atoms with van der Waals surface area (Å²) in [5.41, 5.74) is 4.68. The zero-order valence-electron chi connectivity index (χ0n) is 18.4. The number of methoxy groups -OCH3 is 1. The van der Waals surface area contributed by atoms with Gasteiger partial charge in [0.25, 0.3) is 5.91 Å². The van der Waals surface area contributed by atoms with Crippen molar-refractivity contribution in [3.8, 4) is 17.6 Å². The van der Waals surface area contributed by atoms with E-state index in [1.54, 1.807) is 47.9 Å². The third-order valence-corrected chi connectivity index (χ3v) is 5.47. The second kappa shape index (κ2) is 11.3. The lowest BCUT2D eigenvalue weighted by Crippen LogP contribution is -2.36. The molecule has 3 aromatic rings. The van der Waals surface area contributed by atoms with Crippen LogP contribution in [0.25, 0.3) is 0 Å². The Kier molecular flexibility index (Phi) is 8.20. The second-order valence-electron chi connectivity index (χ2n) is 7.47. The normalized spacial score (nSPS) is 10.6. The predicted octanol–water partition coefficient (Wildman–Crippen LogP) is 3.81. The molecule has 2 aromatic carbocycles. The monoisotopic (exact) mass is 450 g/mol. The molecule has 0 saturated carbocycles. The van der Waals surface area contributed by atoms with Gasteiger partial charge >= 0.3 is 0 Å². The van der Waals surface area contributed by atoms with Crippen molar-refractivity contribution < 1.29 is 14.3 Å². The first-order valence-electron chi connectivity index (χ1n) is 10.1. The Labute approximate surface area is 192 Å². The highest BCUT2D eigenvalue weighted by Gasteiger charge is 2.19. The van der Waals surface area contributed by atoms with Gasteiger partial charge in [0.1, 0.15) is 6.61 Å². The zero-order chi connectivity index (χ0) is 22.9. The maximum absolute atomic E-state index is 13.4. The van der Waals surface area contributed by atoms with Crippen LogP contribution in [0.2, 0.25) is 0 Å². The zero-order valence-corrected chi connectivity index (χ0v) is 19.3. The molecule has 0 aliphatic carbocycles. The summed E-state index contributed by atoms with van der Waals surface area (Å²) in [5, 5.41) is 10.9. The van der Waals surface area contributed by atoms with E-state index in [4.69, 9.17) is 14.7 Å². The van der Waals surface area contributed by atoms with Crippen LogP contribution in [-0.4, -0.2) is 55.0 Å². The van der Waals surface area contributed by atoms with Crippen molar-refractivity contribution in [1.29, 1.82) is 5.26 Å². The molecule has 0 aliphatic heterocycles. The van der Waals surface area contributed by atoms with Gasteiger partial charge in [0.15, 0.2) is 11.5 Å². The van der Waals surface area contributed by atoms with E-state index in [2.05, 4.69) is 11.1 Å². The van der Waals surface area contributed by atoms with E-state index < -0.39 is 0 Å². The molecule has 0 radical (unpaired) electrons. The number of nitriles is 1. The van der Waals surface area contributed by atoms with Crippen molar-refractivity contribution in [2.24, 2.45) is 0 Å². The quantitative estimate of drug-likeness (QED) is 0.467. The first-order valence-corrected chi connectivity index (χ1v) is 11.1. The molecule has 0 atom stereocenters. The molecule has 166 valence electrons. The highest BCUT2D eigenvalue weighted by Crippen LogP contribution is 2.29. The molecule has 0 saturated heterocycles. The van der Waals surface area contributed by atoms with E-state index in [9.17, 15) is 4.79 Å². The summed E-state index contributed by atoms with van der Waals surface area (Å²) < 4.78 is 11.3. The van der Waals surface area contributed by atoms with E-state index in [1.165, 1.54) is 11.3 Å². The smallest absolute Gasteiger partial charge is 0.254 e. The van der Waals surface area contributed by atoms with Crippen LogP contribution in [-0.2, 0) is 13.2 Å². The molecule has 8 heteroatoms. The van der Waals surface area contributed by atoms with Crippen molar-refractivity contribution in [2.45, 2.75) is 13.2 Å². The number of nitrogens with zero attached hydrogens (tertiary/aromatic N) is 4. The Morgan fingerprint density at radius 3 is 2.53 bits per heavy atom. The minimum atomic E-state index is -0.0967. The molecule has 0 N–H and O–H groups in total. The fourth-order valence-corrected chi connectivity index (χ4v) is 3.58. The van der Waals surface area contributed by atoms with Gasteiger partial charge in [-0.2, -0.15) is 5.26 Å². The molecule has 0 spiro atoms. The highest BCUT2D eigenvalue weighted by atomic mass is 32.1. The van der Waals surface area contributed by atoms with Crippen LogP contribution in [0.5, 0.6) is 11.5 Å². The Morgan fingerprint density at radius 2 is 1.91 bits per heavy atom. The Morgan fingerprint density at radius 1 is 1.12 bits per heavy atom. The number of amides is 1. The number of benzene rings is 2. The number of thiazole rings is 1. The van der Waals surface area contributed by atoms with Gasteiger partial charge in [0, 0.05) is 30.6 Å². The average Bonchev–Trinajstić information content (AvgIpc) is 3.34. The average molecular weight is 451 g/mol. The first kappa shape index (κ1) is 23.3. The predicted molar refractivity (Wildman–Crippen MR) is 124 cm³/mol. The molecule has 1 aromatic heterocycles. The van der Waals surface area contributed by atoms with Gasteiger partial charge in [0.05, 0.1) is 29.9 Å². The summed E-state index contributed by atoms with van der Waals surface area (Å²) in [6.07, 6.45) is 0. The maximum atomic E-state index is 13.4. The molecule has 0 unspecified atom stereocenters. The van der Waals surface area contributed by atoms with Crippen molar-refractivity contribution >= 4 is 17.2 Å². The summed E-state index contributed by atoms with van der Waals surface area (Å²) in [5.74, 6) is 0.960. The van der Waals surface area contributed by atoms with Crippen molar-refractivity contribution in [1.82, 2.24) is 14.8 Å². The standard InChI is InChI=1S/C24H26N4O3S/c1-27(2)10-11-28(14-19-6-4-18(13-25)5-7-19)24(29)20-8-9-22(23(12-20)30-3)31-15-21-16-32-17-26-21/h4-9,12,16-17H,10-11,14-15H2,1-3H3. The van der Waals surface area contributed by atoms with Crippen LogP contribution >= 0.6 is 11.3 Å². The van der Waals surface area contributed by atoms with E-state index in [0.717, 1.165) is 17.8 Å². The third-order valence-electron chi connectivity index (χ3n) is 4.83. The molecule has 1 heterocycles. The van der Waals surface area contributed by atoms with Crippen molar-refractivity contribution in [3.63, 3.8) is 0 Å².